The van der Waals surface area contributed by atoms with Crippen LogP contribution in [0, 0.1) is 0 Å². The number of carbonyl (C=O) groups excluding carboxylic acids is 1. The van der Waals surface area contributed by atoms with Gasteiger partial charge in [-0.1, -0.05) is 6.92 Å². The highest BCUT2D eigenvalue weighted by Gasteiger charge is 2.19. The Morgan fingerprint density at radius 2 is 2.33 bits per heavy atom. The van der Waals surface area contributed by atoms with Crippen molar-refractivity contribution in [1.29, 1.82) is 0 Å². The van der Waals surface area contributed by atoms with Crippen LogP contribution in [0.5, 0.6) is 0 Å². The molecule has 2 N–H and O–H groups in total. The van der Waals surface area contributed by atoms with Crippen LogP contribution in [0.2, 0.25) is 0 Å². The number of carbonyl (C=O) groups is 1. The first-order chi connectivity index (χ1) is 8.79. The molecule has 2 atom stereocenters. The Morgan fingerprint density at radius 3 is 2.94 bits per heavy atom. The Kier molecular flexibility index (Phi) is 4.70. The van der Waals surface area contributed by atoms with Crippen LogP contribution in [0.3, 0.4) is 0 Å². The maximum Gasteiger partial charge on any atom is 0.222 e. The molecule has 1 amide bonds. The quantitative estimate of drug-likeness (QED) is 0.834. The van der Waals surface area contributed by atoms with Gasteiger partial charge in [-0.15, -0.1) is 0 Å². The van der Waals surface area contributed by atoms with E-state index in [1.54, 1.807) is 12.4 Å². The fourth-order valence-corrected chi connectivity index (χ4v) is 2.42. The topological polar surface area (TPSA) is 54.0 Å². The zero-order valence-corrected chi connectivity index (χ0v) is 10.9. The zero-order valence-electron chi connectivity index (χ0n) is 10.9. The minimum atomic E-state index is 0.0990. The van der Waals surface area contributed by atoms with E-state index in [2.05, 4.69) is 22.5 Å². The van der Waals surface area contributed by atoms with E-state index >= 15 is 0 Å². The smallest absolute Gasteiger partial charge is 0.222 e. The average Bonchev–Trinajstić information content (AvgIpc) is 2.90. The molecule has 1 aliphatic heterocycles. The second-order valence-corrected chi connectivity index (χ2v) is 4.81. The Balaban J connectivity index is 1.87. The molecule has 1 aliphatic rings. The molecular formula is C14H21N3O. The van der Waals surface area contributed by atoms with Gasteiger partial charge in [-0.2, -0.15) is 0 Å². The first-order valence-electron chi connectivity index (χ1n) is 6.72. The molecule has 0 radical (unpaired) electrons. The summed E-state index contributed by atoms with van der Waals surface area (Å²) in [6.45, 7) is 3.12. The lowest BCUT2D eigenvalue weighted by molar-refractivity contribution is -0.122. The van der Waals surface area contributed by atoms with Gasteiger partial charge < -0.3 is 10.6 Å². The summed E-state index contributed by atoms with van der Waals surface area (Å²) >= 11 is 0. The first kappa shape index (κ1) is 13.0. The molecule has 1 aromatic heterocycles. The van der Waals surface area contributed by atoms with E-state index in [-0.39, 0.29) is 11.9 Å². The van der Waals surface area contributed by atoms with Crippen LogP contribution < -0.4 is 10.6 Å². The maximum absolute atomic E-state index is 12.0. The fraction of sp³-hybridized carbons (Fsp3) is 0.571. The second-order valence-electron chi connectivity index (χ2n) is 4.81. The molecule has 1 aromatic rings. The predicted octanol–water partition coefficient (Wildman–Crippen LogP) is 1.79. The molecule has 2 rings (SSSR count). The van der Waals surface area contributed by atoms with Crippen LogP contribution in [0.1, 0.15) is 44.2 Å². The third-order valence-corrected chi connectivity index (χ3v) is 3.45. The highest BCUT2D eigenvalue weighted by Crippen LogP contribution is 2.16. The molecule has 0 bridgehead atoms. The Hall–Kier alpha value is -1.42. The van der Waals surface area contributed by atoms with Crippen molar-refractivity contribution < 1.29 is 4.79 Å². The number of pyridine rings is 1. The van der Waals surface area contributed by atoms with Gasteiger partial charge >= 0.3 is 0 Å². The van der Waals surface area contributed by atoms with Gasteiger partial charge in [0, 0.05) is 24.9 Å². The van der Waals surface area contributed by atoms with Gasteiger partial charge in [0.05, 0.1) is 6.04 Å². The van der Waals surface area contributed by atoms with Crippen molar-refractivity contribution in [2.24, 2.45) is 0 Å². The van der Waals surface area contributed by atoms with Crippen molar-refractivity contribution in [3.8, 4) is 0 Å². The third-order valence-electron chi connectivity index (χ3n) is 3.45. The molecule has 1 fully saturated rings. The molecule has 0 aromatic carbocycles. The van der Waals surface area contributed by atoms with Gasteiger partial charge in [0.2, 0.25) is 5.91 Å². The molecular weight excluding hydrogens is 226 g/mol. The van der Waals surface area contributed by atoms with Crippen LogP contribution in [0.15, 0.2) is 24.5 Å². The highest BCUT2D eigenvalue weighted by molar-refractivity contribution is 5.77. The number of nitrogens with zero attached hydrogens (tertiary/aromatic N) is 1. The lowest BCUT2D eigenvalue weighted by Gasteiger charge is -2.18. The number of aromatic nitrogens is 1. The van der Waals surface area contributed by atoms with Crippen LogP contribution in [0.4, 0.5) is 0 Å². The SMILES string of the molecule is CCC(NC(=O)CC1CCCN1)c1ccncc1. The van der Waals surface area contributed by atoms with Crippen LogP contribution in [-0.4, -0.2) is 23.5 Å². The van der Waals surface area contributed by atoms with Crippen LogP contribution in [0.25, 0.3) is 0 Å². The zero-order chi connectivity index (χ0) is 12.8. The number of rotatable bonds is 5. The summed E-state index contributed by atoms with van der Waals surface area (Å²) < 4.78 is 0. The minimum Gasteiger partial charge on any atom is -0.349 e. The van der Waals surface area contributed by atoms with E-state index in [1.807, 2.05) is 12.1 Å². The summed E-state index contributed by atoms with van der Waals surface area (Å²) in [7, 11) is 0. The maximum atomic E-state index is 12.0. The van der Waals surface area contributed by atoms with E-state index in [0.29, 0.717) is 12.5 Å². The second kappa shape index (κ2) is 6.50. The fourth-order valence-electron chi connectivity index (χ4n) is 2.42. The van der Waals surface area contributed by atoms with Crippen molar-refractivity contribution in [1.82, 2.24) is 15.6 Å². The standard InChI is InChI=1S/C14H21N3O/c1-2-13(11-5-8-15-9-6-11)17-14(18)10-12-4-3-7-16-12/h5-6,8-9,12-13,16H,2-4,7,10H2,1H3,(H,17,18). The Labute approximate surface area is 108 Å². The normalized spacial score (nSPS) is 20.6. The van der Waals surface area contributed by atoms with Crippen molar-refractivity contribution >= 4 is 5.91 Å². The summed E-state index contributed by atoms with van der Waals surface area (Å²) in [5.41, 5.74) is 1.13. The number of nitrogens with one attached hydrogen (secondary N) is 2. The van der Waals surface area contributed by atoms with E-state index in [4.69, 9.17) is 0 Å². The molecule has 1 saturated heterocycles. The van der Waals surface area contributed by atoms with E-state index in [1.165, 1.54) is 6.42 Å². The Bertz CT molecular complexity index is 374. The predicted molar refractivity (Wildman–Crippen MR) is 71.1 cm³/mol. The summed E-state index contributed by atoms with van der Waals surface area (Å²) in [5.74, 6) is 0.137. The Morgan fingerprint density at radius 1 is 1.56 bits per heavy atom. The van der Waals surface area contributed by atoms with Gasteiger partial charge in [-0.05, 0) is 43.5 Å². The van der Waals surface area contributed by atoms with Gasteiger partial charge in [0.1, 0.15) is 0 Å². The molecule has 4 heteroatoms. The molecule has 0 aliphatic carbocycles. The number of hydrogen-bond acceptors (Lipinski definition) is 3. The molecule has 98 valence electrons. The van der Waals surface area contributed by atoms with E-state index in [9.17, 15) is 4.79 Å². The molecule has 2 unspecified atom stereocenters. The molecule has 2 heterocycles. The van der Waals surface area contributed by atoms with Gasteiger partial charge in [0.15, 0.2) is 0 Å². The molecule has 4 nitrogen and oxygen atoms in total. The number of hydrogen-bond donors (Lipinski definition) is 2. The van der Waals surface area contributed by atoms with E-state index < -0.39 is 0 Å². The summed E-state index contributed by atoms with van der Waals surface area (Å²) in [6, 6.07) is 4.38. The van der Waals surface area contributed by atoms with Gasteiger partial charge in [0.25, 0.3) is 0 Å². The minimum absolute atomic E-state index is 0.0990. The largest absolute Gasteiger partial charge is 0.349 e. The third kappa shape index (κ3) is 3.53. The summed E-state index contributed by atoms with van der Waals surface area (Å²) in [4.78, 5) is 16.0. The van der Waals surface area contributed by atoms with Crippen molar-refractivity contribution in [3.05, 3.63) is 30.1 Å². The monoisotopic (exact) mass is 247 g/mol. The number of amides is 1. The highest BCUT2D eigenvalue weighted by atomic mass is 16.1. The summed E-state index contributed by atoms with van der Waals surface area (Å²) in [5, 5.41) is 6.45. The van der Waals surface area contributed by atoms with Gasteiger partial charge in [-0.3, -0.25) is 9.78 Å². The van der Waals surface area contributed by atoms with Crippen molar-refractivity contribution in [2.75, 3.05) is 6.54 Å². The van der Waals surface area contributed by atoms with Gasteiger partial charge in [-0.25, -0.2) is 0 Å². The van der Waals surface area contributed by atoms with Crippen LogP contribution in [-0.2, 0) is 4.79 Å². The molecule has 18 heavy (non-hydrogen) atoms. The van der Waals surface area contributed by atoms with E-state index in [0.717, 1.165) is 24.9 Å². The first-order valence-corrected chi connectivity index (χ1v) is 6.72. The lowest BCUT2D eigenvalue weighted by atomic mass is 10.1. The van der Waals surface area contributed by atoms with Crippen molar-refractivity contribution in [2.45, 2.75) is 44.7 Å². The molecule has 0 spiro atoms. The van der Waals surface area contributed by atoms with Crippen molar-refractivity contribution in [3.63, 3.8) is 0 Å². The lowest BCUT2D eigenvalue weighted by Crippen LogP contribution is -2.34. The molecule has 0 saturated carbocycles. The average molecular weight is 247 g/mol. The van der Waals surface area contributed by atoms with Crippen LogP contribution >= 0.6 is 0 Å². The summed E-state index contributed by atoms with van der Waals surface area (Å²) in [6.07, 6.45) is 7.31.